The van der Waals surface area contributed by atoms with E-state index in [0.717, 1.165) is 29.7 Å². The van der Waals surface area contributed by atoms with Crippen LogP contribution in [-0.2, 0) is 22.4 Å². The van der Waals surface area contributed by atoms with Gasteiger partial charge in [0.2, 0.25) is 0 Å². The summed E-state index contributed by atoms with van der Waals surface area (Å²) in [5, 5.41) is 15.7. The third-order valence-corrected chi connectivity index (χ3v) is 7.79. The van der Waals surface area contributed by atoms with Gasteiger partial charge < -0.3 is 15.4 Å². The third kappa shape index (κ3) is 6.07. The largest absolute Gasteiger partial charge is 0.452 e. The van der Waals surface area contributed by atoms with E-state index in [4.69, 9.17) is 4.74 Å². The molecule has 0 radical (unpaired) electrons. The number of nitrogens with one attached hydrogen (secondary N) is 2. The average Bonchev–Trinajstić information content (AvgIpc) is 3.23. The van der Waals surface area contributed by atoms with Crippen LogP contribution in [0.4, 0.5) is 10.7 Å². The number of amides is 2. The fraction of sp³-hybridized carbons (Fsp3) is 0.310. The van der Waals surface area contributed by atoms with E-state index in [0.29, 0.717) is 22.0 Å². The number of para-hydroxylation sites is 1. The molecule has 1 aliphatic rings. The third-order valence-electron chi connectivity index (χ3n) is 6.62. The number of ether oxygens (including phenoxy) is 1. The van der Waals surface area contributed by atoms with Crippen molar-refractivity contribution in [2.75, 3.05) is 17.2 Å². The Morgan fingerprint density at radius 1 is 1.05 bits per heavy atom. The number of hydrogen-bond acceptors (Lipinski definition) is 6. The molecule has 190 valence electrons. The van der Waals surface area contributed by atoms with Crippen molar-refractivity contribution in [2.45, 2.75) is 40.0 Å². The minimum absolute atomic E-state index is 0.136. The van der Waals surface area contributed by atoms with Crippen molar-refractivity contribution in [2.24, 2.45) is 11.3 Å². The van der Waals surface area contributed by atoms with Crippen molar-refractivity contribution in [1.29, 1.82) is 5.26 Å². The van der Waals surface area contributed by atoms with Crippen LogP contribution in [0.15, 0.2) is 54.6 Å². The summed E-state index contributed by atoms with van der Waals surface area (Å²) in [6.07, 6.45) is 2.70. The first-order chi connectivity index (χ1) is 17.7. The summed E-state index contributed by atoms with van der Waals surface area (Å²) in [6.45, 7) is 6.16. The number of thiophene rings is 1. The molecule has 37 heavy (non-hydrogen) atoms. The Balaban J connectivity index is 1.40. The predicted molar refractivity (Wildman–Crippen MR) is 144 cm³/mol. The Bertz CT molecular complexity index is 1370. The van der Waals surface area contributed by atoms with Gasteiger partial charge in [0, 0.05) is 10.4 Å². The van der Waals surface area contributed by atoms with E-state index in [1.54, 1.807) is 48.5 Å². The number of carbonyl (C=O) groups excluding carboxylic acids is 3. The van der Waals surface area contributed by atoms with Crippen LogP contribution in [0, 0.1) is 22.7 Å². The first-order valence-corrected chi connectivity index (χ1v) is 13.0. The standard InChI is InChI=1S/C29H29N3O4S/c1-29(2,3)19-13-14-20-22(16-30)27(37-24(20)15-19)32-25(33)17-36-28(35)21-11-7-8-12-23(21)31-26(34)18-9-5-4-6-10-18/h4-12,19H,13-15,17H2,1-3H3,(H,31,34)(H,32,33). The van der Waals surface area contributed by atoms with Gasteiger partial charge in [0.05, 0.1) is 16.8 Å². The van der Waals surface area contributed by atoms with Gasteiger partial charge in [-0.3, -0.25) is 9.59 Å². The average molecular weight is 516 g/mol. The number of hydrogen-bond donors (Lipinski definition) is 2. The quantitative estimate of drug-likeness (QED) is 0.402. The zero-order valence-corrected chi connectivity index (χ0v) is 21.9. The lowest BCUT2D eigenvalue weighted by Crippen LogP contribution is -2.26. The molecular formula is C29H29N3O4S. The molecule has 2 aromatic carbocycles. The van der Waals surface area contributed by atoms with Gasteiger partial charge in [0.15, 0.2) is 6.61 Å². The molecule has 1 unspecified atom stereocenters. The summed E-state index contributed by atoms with van der Waals surface area (Å²) in [4.78, 5) is 39.1. The summed E-state index contributed by atoms with van der Waals surface area (Å²) in [7, 11) is 0. The number of carbonyl (C=O) groups is 3. The van der Waals surface area contributed by atoms with Crippen molar-refractivity contribution in [1.82, 2.24) is 0 Å². The molecule has 0 bridgehead atoms. The highest BCUT2D eigenvalue weighted by Crippen LogP contribution is 2.44. The molecule has 0 saturated heterocycles. The highest BCUT2D eigenvalue weighted by Gasteiger charge is 2.32. The Labute approximate surface area is 220 Å². The van der Waals surface area contributed by atoms with Crippen LogP contribution >= 0.6 is 11.3 Å². The molecule has 0 saturated carbocycles. The molecule has 1 atom stereocenters. The Hall–Kier alpha value is -3.96. The van der Waals surface area contributed by atoms with Crippen LogP contribution < -0.4 is 10.6 Å². The second kappa shape index (κ2) is 11.0. The van der Waals surface area contributed by atoms with E-state index < -0.39 is 18.5 Å². The van der Waals surface area contributed by atoms with Crippen LogP contribution in [0.5, 0.6) is 0 Å². The summed E-state index contributed by atoms with van der Waals surface area (Å²) in [5.74, 6) is -1.12. The topological polar surface area (TPSA) is 108 Å². The van der Waals surface area contributed by atoms with Crippen molar-refractivity contribution < 1.29 is 19.1 Å². The SMILES string of the molecule is CC(C)(C)C1CCc2c(sc(NC(=O)COC(=O)c3ccccc3NC(=O)c3ccccc3)c2C#N)C1. The maximum Gasteiger partial charge on any atom is 0.340 e. The van der Waals surface area contributed by atoms with Gasteiger partial charge in [0.25, 0.3) is 11.8 Å². The van der Waals surface area contributed by atoms with Crippen LogP contribution in [0.2, 0.25) is 0 Å². The van der Waals surface area contributed by atoms with E-state index in [1.165, 1.54) is 17.4 Å². The molecule has 7 nitrogen and oxygen atoms in total. The van der Waals surface area contributed by atoms with Crippen LogP contribution in [0.3, 0.4) is 0 Å². The smallest absolute Gasteiger partial charge is 0.340 e. The lowest BCUT2D eigenvalue weighted by molar-refractivity contribution is -0.119. The number of rotatable bonds is 6. The van der Waals surface area contributed by atoms with E-state index in [9.17, 15) is 19.6 Å². The summed E-state index contributed by atoms with van der Waals surface area (Å²) >= 11 is 1.43. The highest BCUT2D eigenvalue weighted by molar-refractivity contribution is 7.16. The lowest BCUT2D eigenvalue weighted by Gasteiger charge is -2.33. The molecule has 1 heterocycles. The van der Waals surface area contributed by atoms with Gasteiger partial charge in [-0.05, 0) is 60.4 Å². The first-order valence-electron chi connectivity index (χ1n) is 12.1. The molecule has 2 N–H and O–H groups in total. The monoisotopic (exact) mass is 515 g/mol. The maximum absolute atomic E-state index is 12.7. The number of nitriles is 1. The summed E-state index contributed by atoms with van der Waals surface area (Å²) < 4.78 is 5.25. The van der Waals surface area contributed by atoms with Crippen LogP contribution in [-0.4, -0.2) is 24.4 Å². The van der Waals surface area contributed by atoms with Gasteiger partial charge in [-0.2, -0.15) is 5.26 Å². The van der Waals surface area contributed by atoms with Crippen molar-refractivity contribution in [3.63, 3.8) is 0 Å². The summed E-state index contributed by atoms with van der Waals surface area (Å²) in [6, 6.07) is 17.3. The van der Waals surface area contributed by atoms with E-state index in [2.05, 4.69) is 37.5 Å². The Morgan fingerprint density at radius 3 is 2.46 bits per heavy atom. The molecule has 1 aliphatic carbocycles. The van der Waals surface area contributed by atoms with Gasteiger partial charge in [-0.25, -0.2) is 4.79 Å². The second-order valence-electron chi connectivity index (χ2n) is 10.1. The number of nitrogens with zero attached hydrogens (tertiary/aromatic N) is 1. The highest BCUT2D eigenvalue weighted by atomic mass is 32.1. The molecule has 1 aromatic heterocycles. The number of benzene rings is 2. The normalized spacial score (nSPS) is 14.7. The molecule has 0 spiro atoms. The molecule has 2 amide bonds. The van der Waals surface area contributed by atoms with Crippen LogP contribution in [0.1, 0.15) is 63.9 Å². The fourth-order valence-corrected chi connectivity index (χ4v) is 5.75. The summed E-state index contributed by atoms with van der Waals surface area (Å²) in [5.41, 5.74) is 2.56. The zero-order valence-electron chi connectivity index (χ0n) is 21.1. The van der Waals surface area contributed by atoms with Gasteiger partial charge >= 0.3 is 5.97 Å². The number of esters is 1. The molecule has 0 fully saturated rings. The second-order valence-corrected chi connectivity index (χ2v) is 11.2. The Morgan fingerprint density at radius 2 is 1.76 bits per heavy atom. The lowest BCUT2D eigenvalue weighted by atomic mass is 9.72. The van der Waals surface area contributed by atoms with E-state index in [1.807, 2.05) is 0 Å². The van der Waals surface area contributed by atoms with Crippen molar-refractivity contribution >= 4 is 39.8 Å². The molecule has 8 heteroatoms. The molecule has 4 rings (SSSR count). The van der Waals surface area contributed by atoms with E-state index in [-0.39, 0.29) is 22.6 Å². The van der Waals surface area contributed by atoms with Gasteiger partial charge in [-0.1, -0.05) is 51.1 Å². The maximum atomic E-state index is 12.7. The number of fused-ring (bicyclic) bond motifs is 1. The van der Waals surface area contributed by atoms with Crippen molar-refractivity contribution in [3.05, 3.63) is 81.7 Å². The number of anilines is 2. The zero-order chi connectivity index (χ0) is 26.6. The van der Waals surface area contributed by atoms with E-state index >= 15 is 0 Å². The predicted octanol–water partition coefficient (Wildman–Crippen LogP) is 5.82. The van der Waals surface area contributed by atoms with Gasteiger partial charge in [-0.15, -0.1) is 11.3 Å². The van der Waals surface area contributed by atoms with Crippen molar-refractivity contribution in [3.8, 4) is 6.07 Å². The molecular weight excluding hydrogens is 486 g/mol. The Kier molecular flexibility index (Phi) is 7.74. The van der Waals surface area contributed by atoms with Gasteiger partial charge in [0.1, 0.15) is 11.1 Å². The first kappa shape index (κ1) is 26.1. The minimum Gasteiger partial charge on any atom is -0.452 e. The molecule has 0 aliphatic heterocycles. The minimum atomic E-state index is -0.738. The molecule has 3 aromatic rings. The fourth-order valence-electron chi connectivity index (χ4n) is 4.46. The van der Waals surface area contributed by atoms with Crippen LogP contribution in [0.25, 0.3) is 0 Å².